The summed E-state index contributed by atoms with van der Waals surface area (Å²) < 4.78 is 20.6. The van der Waals surface area contributed by atoms with Gasteiger partial charge >= 0.3 is 0 Å². The first kappa shape index (κ1) is 18.0. The summed E-state index contributed by atoms with van der Waals surface area (Å²) in [5.41, 5.74) is 3.02. The summed E-state index contributed by atoms with van der Waals surface area (Å²) in [6.45, 7) is 2.02. The number of amides is 1. The zero-order valence-corrected chi connectivity index (χ0v) is 15.8. The number of ether oxygens (including phenoxy) is 1. The number of aromatic nitrogens is 2. The van der Waals surface area contributed by atoms with Crippen LogP contribution < -0.4 is 4.74 Å². The third kappa shape index (κ3) is 3.84. The molecule has 0 N–H and O–H groups in total. The van der Waals surface area contributed by atoms with Crippen molar-refractivity contribution in [2.24, 2.45) is 13.0 Å². The molecule has 27 heavy (non-hydrogen) atoms. The van der Waals surface area contributed by atoms with E-state index >= 15 is 0 Å². The van der Waals surface area contributed by atoms with Crippen LogP contribution in [0.2, 0.25) is 0 Å². The van der Waals surface area contributed by atoms with Crippen molar-refractivity contribution >= 4 is 5.91 Å². The van der Waals surface area contributed by atoms with Gasteiger partial charge in [0.05, 0.1) is 12.3 Å². The third-order valence-corrected chi connectivity index (χ3v) is 5.63. The number of benzene rings is 1. The summed E-state index contributed by atoms with van der Waals surface area (Å²) in [4.78, 5) is 15.1. The van der Waals surface area contributed by atoms with E-state index in [4.69, 9.17) is 4.74 Å². The third-order valence-electron chi connectivity index (χ3n) is 5.63. The average molecular weight is 371 g/mol. The van der Waals surface area contributed by atoms with Crippen molar-refractivity contribution in [3.63, 3.8) is 0 Å². The van der Waals surface area contributed by atoms with E-state index in [0.717, 1.165) is 62.0 Å². The highest BCUT2D eigenvalue weighted by Gasteiger charge is 2.30. The monoisotopic (exact) mass is 371 g/mol. The highest BCUT2D eigenvalue weighted by atomic mass is 19.1. The molecule has 1 amide bonds. The summed E-state index contributed by atoms with van der Waals surface area (Å²) in [7, 11) is 1.88. The van der Waals surface area contributed by atoms with Crippen molar-refractivity contribution in [3.05, 3.63) is 47.0 Å². The Morgan fingerprint density at radius 2 is 2.00 bits per heavy atom. The number of carbonyl (C=O) groups excluding carboxylic acids is 1. The van der Waals surface area contributed by atoms with Gasteiger partial charge in [0.15, 0.2) is 0 Å². The first-order valence-electron chi connectivity index (χ1n) is 9.84. The van der Waals surface area contributed by atoms with Crippen molar-refractivity contribution in [1.82, 2.24) is 14.7 Å². The Bertz CT molecular complexity index is 816. The van der Waals surface area contributed by atoms with E-state index in [1.165, 1.54) is 12.1 Å². The van der Waals surface area contributed by atoms with Gasteiger partial charge in [-0.2, -0.15) is 5.10 Å². The van der Waals surface area contributed by atoms with Gasteiger partial charge < -0.3 is 9.64 Å². The van der Waals surface area contributed by atoms with Gasteiger partial charge in [0.25, 0.3) is 5.91 Å². The van der Waals surface area contributed by atoms with Gasteiger partial charge in [-0.3, -0.25) is 9.48 Å². The van der Waals surface area contributed by atoms with E-state index in [-0.39, 0.29) is 17.6 Å². The molecule has 1 aliphatic carbocycles. The molecule has 1 atom stereocenters. The number of halogens is 1. The van der Waals surface area contributed by atoms with Gasteiger partial charge in [-0.15, -0.1) is 0 Å². The van der Waals surface area contributed by atoms with Crippen molar-refractivity contribution in [3.8, 4) is 5.75 Å². The molecule has 0 bridgehead atoms. The van der Waals surface area contributed by atoms with Crippen LogP contribution in [-0.4, -0.2) is 40.3 Å². The maximum absolute atomic E-state index is 13.2. The zero-order valence-electron chi connectivity index (χ0n) is 15.8. The Balaban J connectivity index is 1.41. The molecule has 1 aliphatic heterocycles. The molecule has 1 aromatic heterocycles. The molecule has 6 heteroatoms. The van der Waals surface area contributed by atoms with E-state index in [1.807, 2.05) is 11.9 Å². The van der Waals surface area contributed by atoms with E-state index < -0.39 is 0 Å². The predicted octanol–water partition coefficient (Wildman–Crippen LogP) is 3.37. The van der Waals surface area contributed by atoms with E-state index in [0.29, 0.717) is 18.9 Å². The zero-order chi connectivity index (χ0) is 18.8. The topological polar surface area (TPSA) is 47.4 Å². The van der Waals surface area contributed by atoms with Crippen LogP contribution in [0.1, 0.15) is 47.4 Å². The second kappa shape index (κ2) is 7.71. The molecule has 2 aliphatic rings. The smallest absolute Gasteiger partial charge is 0.272 e. The molecule has 144 valence electrons. The first-order valence-corrected chi connectivity index (χ1v) is 9.84. The lowest BCUT2D eigenvalue weighted by molar-refractivity contribution is 0.0621. The number of fused-ring (bicyclic) bond motifs is 1. The van der Waals surface area contributed by atoms with Gasteiger partial charge in [-0.1, -0.05) is 0 Å². The van der Waals surface area contributed by atoms with Crippen LogP contribution in [0.25, 0.3) is 0 Å². The highest BCUT2D eigenvalue weighted by molar-refractivity contribution is 5.94. The van der Waals surface area contributed by atoms with Crippen molar-refractivity contribution in [1.29, 1.82) is 0 Å². The van der Waals surface area contributed by atoms with Crippen LogP contribution in [0.5, 0.6) is 5.75 Å². The Hall–Kier alpha value is -2.37. The van der Waals surface area contributed by atoms with Gasteiger partial charge in [0.2, 0.25) is 0 Å². The van der Waals surface area contributed by atoms with Crippen LogP contribution in [0, 0.1) is 11.7 Å². The quantitative estimate of drug-likeness (QED) is 0.828. The summed E-state index contributed by atoms with van der Waals surface area (Å²) in [5.74, 6) is 0.785. The maximum atomic E-state index is 13.2. The van der Waals surface area contributed by atoms with Crippen molar-refractivity contribution < 1.29 is 13.9 Å². The maximum Gasteiger partial charge on any atom is 0.272 e. The van der Waals surface area contributed by atoms with Crippen LogP contribution >= 0.6 is 0 Å². The van der Waals surface area contributed by atoms with Crippen LogP contribution in [-0.2, 0) is 19.9 Å². The SMILES string of the molecule is Cn1nc2c(c1C(=O)N1CCCC(COc3ccc(F)cc3)C1)CCCC2. The van der Waals surface area contributed by atoms with E-state index in [2.05, 4.69) is 5.10 Å². The summed E-state index contributed by atoms with van der Waals surface area (Å²) in [5, 5.41) is 4.58. The normalized spacial score (nSPS) is 19.6. The molecule has 5 nitrogen and oxygen atoms in total. The number of hydrogen-bond acceptors (Lipinski definition) is 3. The second-order valence-electron chi connectivity index (χ2n) is 7.63. The second-order valence-corrected chi connectivity index (χ2v) is 7.63. The summed E-state index contributed by atoms with van der Waals surface area (Å²) >= 11 is 0. The molecule has 2 heterocycles. The molecule has 2 aromatic rings. The van der Waals surface area contributed by atoms with Crippen LogP contribution in [0.15, 0.2) is 24.3 Å². The van der Waals surface area contributed by atoms with Gasteiger partial charge in [0, 0.05) is 31.6 Å². The summed E-state index contributed by atoms with van der Waals surface area (Å²) in [6.07, 6.45) is 6.23. The fraction of sp³-hybridized carbons (Fsp3) is 0.524. The minimum Gasteiger partial charge on any atom is -0.493 e. The lowest BCUT2D eigenvalue weighted by atomic mass is 9.94. The Morgan fingerprint density at radius 1 is 1.22 bits per heavy atom. The van der Waals surface area contributed by atoms with Crippen LogP contribution in [0.4, 0.5) is 4.39 Å². The molecule has 1 unspecified atom stereocenters. The number of rotatable bonds is 4. The minimum atomic E-state index is -0.267. The number of carbonyl (C=O) groups is 1. The number of nitrogens with zero attached hydrogens (tertiary/aromatic N) is 3. The van der Waals surface area contributed by atoms with E-state index in [9.17, 15) is 9.18 Å². The molecular formula is C21H26FN3O2. The molecule has 1 saturated heterocycles. The number of aryl methyl sites for hydroxylation is 2. The molecule has 0 radical (unpaired) electrons. The van der Waals surface area contributed by atoms with Gasteiger partial charge in [-0.05, 0) is 62.8 Å². The Kier molecular flexibility index (Phi) is 5.14. The van der Waals surface area contributed by atoms with Crippen molar-refractivity contribution in [2.45, 2.75) is 38.5 Å². The predicted molar refractivity (Wildman–Crippen MR) is 100 cm³/mol. The molecule has 0 saturated carbocycles. The number of hydrogen-bond donors (Lipinski definition) is 0. The molecular weight excluding hydrogens is 345 g/mol. The summed E-state index contributed by atoms with van der Waals surface area (Å²) in [6, 6.07) is 6.08. The lowest BCUT2D eigenvalue weighted by Gasteiger charge is -2.33. The fourth-order valence-electron chi connectivity index (χ4n) is 4.23. The van der Waals surface area contributed by atoms with Crippen LogP contribution in [0.3, 0.4) is 0 Å². The van der Waals surface area contributed by atoms with E-state index in [1.54, 1.807) is 16.8 Å². The number of piperidine rings is 1. The van der Waals surface area contributed by atoms with Gasteiger partial charge in [-0.25, -0.2) is 4.39 Å². The standard InChI is InChI=1S/C21H26FN3O2/c1-24-20(18-6-2-3-7-19(18)23-24)21(26)25-12-4-5-15(13-25)14-27-17-10-8-16(22)9-11-17/h8-11,15H,2-7,12-14H2,1H3. The Labute approximate surface area is 159 Å². The molecule has 4 rings (SSSR count). The molecule has 0 spiro atoms. The molecule has 1 aromatic carbocycles. The first-order chi connectivity index (χ1) is 13.1. The largest absolute Gasteiger partial charge is 0.493 e. The number of likely N-dealkylation sites (tertiary alicyclic amines) is 1. The average Bonchev–Trinajstić information content (AvgIpc) is 3.03. The minimum absolute atomic E-state index is 0.0969. The molecule has 1 fully saturated rings. The fourth-order valence-corrected chi connectivity index (χ4v) is 4.23. The lowest BCUT2D eigenvalue weighted by Crippen LogP contribution is -2.42. The van der Waals surface area contributed by atoms with Gasteiger partial charge in [0.1, 0.15) is 17.3 Å². The highest BCUT2D eigenvalue weighted by Crippen LogP contribution is 2.26. The van der Waals surface area contributed by atoms with Crippen molar-refractivity contribution in [2.75, 3.05) is 19.7 Å². The Morgan fingerprint density at radius 3 is 2.81 bits per heavy atom.